The second-order valence-electron chi connectivity index (χ2n) is 5.55. The summed E-state index contributed by atoms with van der Waals surface area (Å²) >= 11 is 0. The zero-order valence-electron chi connectivity index (χ0n) is 11.4. The van der Waals surface area contributed by atoms with Gasteiger partial charge in [0.05, 0.1) is 0 Å². The number of hydrogen-bond acceptors (Lipinski definition) is 3. The molecular weight excluding hydrogens is 202 g/mol. The van der Waals surface area contributed by atoms with Crippen molar-refractivity contribution in [3.8, 4) is 0 Å². The Labute approximate surface area is 99.5 Å². The van der Waals surface area contributed by atoms with Crippen LogP contribution in [0.15, 0.2) is 12.2 Å². The summed E-state index contributed by atoms with van der Waals surface area (Å²) in [6.07, 6.45) is 3.35. The highest BCUT2D eigenvalue weighted by atomic mass is 16.6. The van der Waals surface area contributed by atoms with Crippen molar-refractivity contribution in [2.45, 2.75) is 40.2 Å². The lowest BCUT2D eigenvalue weighted by molar-refractivity contribution is -0.148. The second kappa shape index (κ2) is 6.69. The van der Waals surface area contributed by atoms with Crippen LogP contribution in [0, 0.1) is 5.92 Å². The number of rotatable bonds is 5. The zero-order chi connectivity index (χ0) is 12.8. The first kappa shape index (κ1) is 15.2. The van der Waals surface area contributed by atoms with Gasteiger partial charge in [-0.05, 0) is 33.7 Å². The molecule has 16 heavy (non-hydrogen) atoms. The molecule has 3 nitrogen and oxygen atoms in total. The Morgan fingerprint density at radius 2 is 1.94 bits per heavy atom. The molecular formula is C13H25NO2. The lowest BCUT2D eigenvalue weighted by Crippen LogP contribution is -2.24. The van der Waals surface area contributed by atoms with Crippen molar-refractivity contribution in [2.24, 2.45) is 5.92 Å². The summed E-state index contributed by atoms with van der Waals surface area (Å²) in [6.45, 7) is 11.7. The van der Waals surface area contributed by atoms with Crippen LogP contribution in [0.2, 0.25) is 0 Å². The Balaban J connectivity index is 3.88. The molecule has 0 aromatic carbocycles. The molecule has 0 saturated carbocycles. The standard InChI is InChI=1S/C13H25NO2/c1-11(2)10-14(6)9-7-8-12(15)16-13(3,4)5/h7-8,11H,9-10H2,1-6H3/b8-7+. The Bertz CT molecular complexity index is 239. The van der Waals surface area contributed by atoms with Gasteiger partial charge in [-0.25, -0.2) is 4.79 Å². The molecule has 0 atom stereocenters. The second-order valence-corrected chi connectivity index (χ2v) is 5.55. The molecule has 0 amide bonds. The predicted molar refractivity (Wildman–Crippen MR) is 67.3 cm³/mol. The fraction of sp³-hybridized carbons (Fsp3) is 0.769. The molecule has 0 radical (unpaired) electrons. The lowest BCUT2D eigenvalue weighted by atomic mass is 10.2. The predicted octanol–water partition coefficient (Wildman–Crippen LogP) is 2.47. The van der Waals surface area contributed by atoms with E-state index in [1.54, 1.807) is 0 Å². The van der Waals surface area contributed by atoms with E-state index in [1.165, 1.54) is 6.08 Å². The highest BCUT2D eigenvalue weighted by molar-refractivity contribution is 5.82. The third-order valence-corrected chi connectivity index (χ3v) is 1.75. The monoisotopic (exact) mass is 227 g/mol. The van der Waals surface area contributed by atoms with Crippen molar-refractivity contribution in [2.75, 3.05) is 20.1 Å². The van der Waals surface area contributed by atoms with Gasteiger partial charge in [-0.3, -0.25) is 0 Å². The van der Waals surface area contributed by atoms with Crippen LogP contribution in [-0.2, 0) is 9.53 Å². The van der Waals surface area contributed by atoms with E-state index in [4.69, 9.17) is 4.74 Å². The van der Waals surface area contributed by atoms with Gasteiger partial charge in [0, 0.05) is 19.2 Å². The largest absolute Gasteiger partial charge is 0.457 e. The van der Waals surface area contributed by atoms with Crippen molar-refractivity contribution in [1.82, 2.24) is 4.90 Å². The SMILES string of the molecule is CC(C)CN(C)C/C=C/C(=O)OC(C)(C)C. The van der Waals surface area contributed by atoms with Gasteiger partial charge < -0.3 is 9.64 Å². The normalized spacial score (nSPS) is 12.8. The molecule has 94 valence electrons. The van der Waals surface area contributed by atoms with E-state index in [9.17, 15) is 4.79 Å². The van der Waals surface area contributed by atoms with E-state index in [-0.39, 0.29) is 5.97 Å². The average molecular weight is 227 g/mol. The number of likely N-dealkylation sites (N-methyl/N-ethyl adjacent to an activating group) is 1. The molecule has 0 aliphatic rings. The first-order valence-corrected chi connectivity index (χ1v) is 5.79. The van der Waals surface area contributed by atoms with Crippen LogP contribution >= 0.6 is 0 Å². The molecule has 0 N–H and O–H groups in total. The molecule has 0 aliphatic carbocycles. The van der Waals surface area contributed by atoms with Crippen LogP contribution in [0.25, 0.3) is 0 Å². The highest BCUT2D eigenvalue weighted by Crippen LogP contribution is 2.07. The highest BCUT2D eigenvalue weighted by Gasteiger charge is 2.13. The van der Waals surface area contributed by atoms with Gasteiger partial charge in [-0.2, -0.15) is 0 Å². The number of hydrogen-bond donors (Lipinski definition) is 0. The Morgan fingerprint density at radius 3 is 2.38 bits per heavy atom. The van der Waals surface area contributed by atoms with Crippen LogP contribution < -0.4 is 0 Å². The Kier molecular flexibility index (Phi) is 6.34. The third kappa shape index (κ3) is 9.71. The molecule has 0 saturated heterocycles. The van der Waals surface area contributed by atoms with E-state index in [2.05, 4.69) is 18.7 Å². The summed E-state index contributed by atoms with van der Waals surface area (Å²) < 4.78 is 5.16. The number of carbonyl (C=O) groups is 1. The minimum atomic E-state index is -0.411. The third-order valence-electron chi connectivity index (χ3n) is 1.75. The van der Waals surface area contributed by atoms with E-state index < -0.39 is 5.60 Å². The van der Waals surface area contributed by atoms with Crippen molar-refractivity contribution in [1.29, 1.82) is 0 Å². The summed E-state index contributed by atoms with van der Waals surface area (Å²) in [6, 6.07) is 0. The fourth-order valence-electron chi connectivity index (χ4n) is 1.36. The van der Waals surface area contributed by atoms with Crippen molar-refractivity contribution in [3.63, 3.8) is 0 Å². The van der Waals surface area contributed by atoms with Gasteiger partial charge in [0.1, 0.15) is 5.60 Å². The molecule has 0 fully saturated rings. The summed E-state index contributed by atoms with van der Waals surface area (Å²) in [5, 5.41) is 0. The van der Waals surface area contributed by atoms with E-state index >= 15 is 0 Å². The van der Waals surface area contributed by atoms with E-state index in [1.807, 2.05) is 33.9 Å². The summed E-state index contributed by atoms with van der Waals surface area (Å²) in [4.78, 5) is 13.5. The van der Waals surface area contributed by atoms with Gasteiger partial charge in [-0.15, -0.1) is 0 Å². The Hall–Kier alpha value is -0.830. The number of carbonyl (C=O) groups excluding carboxylic acids is 1. The zero-order valence-corrected chi connectivity index (χ0v) is 11.4. The first-order chi connectivity index (χ1) is 7.20. The number of esters is 1. The fourth-order valence-corrected chi connectivity index (χ4v) is 1.36. The molecule has 0 spiro atoms. The molecule has 0 unspecified atom stereocenters. The summed E-state index contributed by atoms with van der Waals surface area (Å²) in [5.41, 5.74) is -0.411. The number of ether oxygens (including phenoxy) is 1. The van der Waals surface area contributed by atoms with Crippen molar-refractivity contribution in [3.05, 3.63) is 12.2 Å². The first-order valence-electron chi connectivity index (χ1n) is 5.79. The maximum absolute atomic E-state index is 11.3. The van der Waals surface area contributed by atoms with Crippen LogP contribution in [0.4, 0.5) is 0 Å². The van der Waals surface area contributed by atoms with Gasteiger partial charge in [0.2, 0.25) is 0 Å². The van der Waals surface area contributed by atoms with Gasteiger partial charge in [0.15, 0.2) is 0 Å². The van der Waals surface area contributed by atoms with Crippen LogP contribution in [0.3, 0.4) is 0 Å². The lowest BCUT2D eigenvalue weighted by Gasteiger charge is -2.18. The van der Waals surface area contributed by atoms with Crippen LogP contribution in [0.1, 0.15) is 34.6 Å². The van der Waals surface area contributed by atoms with Crippen LogP contribution in [0.5, 0.6) is 0 Å². The quantitative estimate of drug-likeness (QED) is 0.534. The van der Waals surface area contributed by atoms with Crippen molar-refractivity contribution < 1.29 is 9.53 Å². The molecule has 0 aromatic heterocycles. The maximum Gasteiger partial charge on any atom is 0.330 e. The van der Waals surface area contributed by atoms with Gasteiger partial charge in [0.25, 0.3) is 0 Å². The van der Waals surface area contributed by atoms with E-state index in [0.29, 0.717) is 5.92 Å². The summed E-state index contributed by atoms with van der Waals surface area (Å²) in [7, 11) is 2.04. The number of nitrogens with zero attached hydrogens (tertiary/aromatic N) is 1. The molecule has 0 heterocycles. The van der Waals surface area contributed by atoms with Gasteiger partial charge in [-0.1, -0.05) is 19.9 Å². The maximum atomic E-state index is 11.3. The minimum absolute atomic E-state index is 0.273. The molecule has 0 rings (SSSR count). The molecule has 0 aromatic rings. The molecule has 0 bridgehead atoms. The Morgan fingerprint density at radius 1 is 1.38 bits per heavy atom. The minimum Gasteiger partial charge on any atom is -0.457 e. The molecule has 3 heteroatoms. The average Bonchev–Trinajstić information content (AvgIpc) is 1.98. The topological polar surface area (TPSA) is 29.5 Å². The molecule has 0 aliphatic heterocycles. The summed E-state index contributed by atoms with van der Waals surface area (Å²) in [5.74, 6) is 0.366. The smallest absolute Gasteiger partial charge is 0.330 e. The van der Waals surface area contributed by atoms with Crippen molar-refractivity contribution >= 4 is 5.97 Å². The van der Waals surface area contributed by atoms with E-state index in [0.717, 1.165) is 13.1 Å². The van der Waals surface area contributed by atoms with Crippen LogP contribution in [-0.4, -0.2) is 36.6 Å². The van der Waals surface area contributed by atoms with Gasteiger partial charge >= 0.3 is 5.97 Å².